The number of fused-ring (bicyclic) bond motifs is 1. The largest absolute Gasteiger partial charge is 0.494 e. The molecule has 1 aliphatic heterocycles. The summed E-state index contributed by atoms with van der Waals surface area (Å²) in [7, 11) is 1.70. The summed E-state index contributed by atoms with van der Waals surface area (Å²) in [4.78, 5) is 12.3. The van der Waals surface area contributed by atoms with Gasteiger partial charge in [-0.05, 0) is 31.0 Å². The lowest BCUT2D eigenvalue weighted by Crippen LogP contribution is -2.62. The predicted octanol–water partition coefficient (Wildman–Crippen LogP) is 1.79. The first-order valence-corrected chi connectivity index (χ1v) is 8.34. The molecule has 1 aliphatic carbocycles. The van der Waals surface area contributed by atoms with Crippen LogP contribution in [0.1, 0.15) is 18.9 Å². The van der Waals surface area contributed by atoms with Crippen LogP contribution in [0, 0.1) is 11.8 Å². The van der Waals surface area contributed by atoms with Gasteiger partial charge in [0.2, 0.25) is 5.91 Å². The zero-order chi connectivity index (χ0) is 16.2. The van der Waals surface area contributed by atoms with Gasteiger partial charge in [-0.3, -0.25) is 4.79 Å². The minimum atomic E-state index is 0.0608. The van der Waals surface area contributed by atoms with Gasteiger partial charge in [0.05, 0.1) is 25.7 Å². The number of ether oxygens (including phenoxy) is 3. The van der Waals surface area contributed by atoms with Gasteiger partial charge < -0.3 is 19.5 Å². The first-order chi connectivity index (χ1) is 11.2. The van der Waals surface area contributed by atoms with Crippen LogP contribution in [0.5, 0.6) is 5.75 Å². The average molecular weight is 319 g/mol. The summed E-state index contributed by atoms with van der Waals surface area (Å²) in [5.41, 5.74) is 0.993. The van der Waals surface area contributed by atoms with E-state index in [1.54, 1.807) is 7.11 Å². The Bertz CT molecular complexity index is 530. The predicted molar refractivity (Wildman–Crippen MR) is 86.5 cm³/mol. The zero-order valence-corrected chi connectivity index (χ0v) is 13.8. The Morgan fingerprint density at radius 2 is 2.13 bits per heavy atom. The molecule has 0 bridgehead atoms. The number of carbonyl (C=O) groups excluding carboxylic acids is 1. The zero-order valence-electron chi connectivity index (χ0n) is 13.8. The molecule has 1 heterocycles. The molecule has 5 nitrogen and oxygen atoms in total. The Balaban J connectivity index is 1.54. The lowest BCUT2D eigenvalue weighted by Gasteiger charge is -2.47. The molecule has 1 aromatic carbocycles. The second-order valence-corrected chi connectivity index (χ2v) is 6.25. The minimum absolute atomic E-state index is 0.0608. The van der Waals surface area contributed by atoms with E-state index in [9.17, 15) is 4.79 Å². The SMILES string of the molecule is CCOc1ccc(CC(=O)N[C@@H]2[C@H]3CCO[C@H]3[C@@H]2COC)cc1. The van der Waals surface area contributed by atoms with E-state index in [4.69, 9.17) is 14.2 Å². The molecule has 0 spiro atoms. The quantitative estimate of drug-likeness (QED) is 0.832. The summed E-state index contributed by atoms with van der Waals surface area (Å²) in [6.45, 7) is 4.03. The van der Waals surface area contributed by atoms with Crippen molar-refractivity contribution in [3.8, 4) is 5.75 Å². The van der Waals surface area contributed by atoms with E-state index >= 15 is 0 Å². The lowest BCUT2D eigenvalue weighted by molar-refractivity contribution is -0.129. The molecule has 2 fully saturated rings. The molecule has 1 saturated carbocycles. The van der Waals surface area contributed by atoms with Crippen LogP contribution in [-0.2, 0) is 20.7 Å². The number of rotatable bonds is 7. The Labute approximate surface area is 137 Å². The molecule has 5 heteroatoms. The molecular formula is C18H25NO4. The highest BCUT2D eigenvalue weighted by atomic mass is 16.5. The van der Waals surface area contributed by atoms with Crippen molar-refractivity contribution in [2.45, 2.75) is 31.9 Å². The van der Waals surface area contributed by atoms with Crippen molar-refractivity contribution in [1.82, 2.24) is 5.32 Å². The van der Waals surface area contributed by atoms with Gasteiger partial charge in [-0.15, -0.1) is 0 Å². The second-order valence-electron chi connectivity index (χ2n) is 6.25. The van der Waals surface area contributed by atoms with E-state index in [0.717, 1.165) is 24.3 Å². The normalized spacial score (nSPS) is 28.8. The first kappa shape index (κ1) is 16.3. The molecule has 1 saturated heterocycles. The Morgan fingerprint density at radius 3 is 2.83 bits per heavy atom. The van der Waals surface area contributed by atoms with Crippen LogP contribution < -0.4 is 10.1 Å². The standard InChI is InChI=1S/C18H25NO4/c1-3-22-13-6-4-12(5-7-13)10-16(20)19-17-14-8-9-23-18(14)15(17)11-21-2/h4-7,14-15,17-18H,3,8-11H2,1-2H3,(H,19,20)/t14-,15-,17-,18-/m1/s1. The molecule has 1 amide bonds. The van der Waals surface area contributed by atoms with Gasteiger partial charge in [-0.1, -0.05) is 12.1 Å². The fourth-order valence-electron chi connectivity index (χ4n) is 3.73. The van der Waals surface area contributed by atoms with Gasteiger partial charge in [0.25, 0.3) is 0 Å². The highest BCUT2D eigenvalue weighted by molar-refractivity contribution is 5.79. The maximum atomic E-state index is 12.3. The number of hydrogen-bond donors (Lipinski definition) is 1. The molecule has 4 atom stereocenters. The summed E-state index contributed by atoms with van der Waals surface area (Å²) < 4.78 is 16.4. The highest BCUT2D eigenvalue weighted by Crippen LogP contribution is 2.43. The van der Waals surface area contributed by atoms with Gasteiger partial charge in [0, 0.05) is 31.6 Å². The number of carbonyl (C=O) groups is 1. The van der Waals surface area contributed by atoms with E-state index in [2.05, 4.69) is 5.32 Å². The van der Waals surface area contributed by atoms with E-state index in [-0.39, 0.29) is 24.0 Å². The molecule has 1 N–H and O–H groups in total. The summed E-state index contributed by atoms with van der Waals surface area (Å²) in [6.07, 6.45) is 1.67. The minimum Gasteiger partial charge on any atom is -0.494 e. The number of nitrogens with one attached hydrogen (secondary N) is 1. The Hall–Kier alpha value is -1.59. The van der Waals surface area contributed by atoms with Crippen LogP contribution >= 0.6 is 0 Å². The molecule has 3 rings (SSSR count). The summed E-state index contributed by atoms with van der Waals surface area (Å²) in [5, 5.41) is 3.18. The van der Waals surface area contributed by atoms with E-state index < -0.39 is 0 Å². The number of methoxy groups -OCH3 is 1. The Morgan fingerprint density at radius 1 is 1.35 bits per heavy atom. The van der Waals surface area contributed by atoms with Crippen LogP contribution in [0.4, 0.5) is 0 Å². The third kappa shape index (κ3) is 3.51. The number of hydrogen-bond acceptors (Lipinski definition) is 4. The van der Waals surface area contributed by atoms with Crippen LogP contribution in [0.3, 0.4) is 0 Å². The lowest BCUT2D eigenvalue weighted by atomic mass is 9.67. The monoisotopic (exact) mass is 319 g/mol. The van der Waals surface area contributed by atoms with Crippen LogP contribution in [0.2, 0.25) is 0 Å². The molecule has 0 radical (unpaired) electrons. The molecule has 0 unspecified atom stereocenters. The van der Waals surface area contributed by atoms with E-state index in [0.29, 0.717) is 25.6 Å². The second kappa shape index (κ2) is 7.32. The van der Waals surface area contributed by atoms with Crippen LogP contribution in [-0.4, -0.2) is 45.0 Å². The molecule has 126 valence electrons. The Kier molecular flexibility index (Phi) is 5.18. The van der Waals surface area contributed by atoms with Crippen molar-refractivity contribution in [3.05, 3.63) is 29.8 Å². The average Bonchev–Trinajstić information content (AvgIpc) is 2.97. The van der Waals surface area contributed by atoms with Crippen molar-refractivity contribution in [2.24, 2.45) is 11.8 Å². The fraction of sp³-hybridized carbons (Fsp3) is 0.611. The van der Waals surface area contributed by atoms with Gasteiger partial charge in [0.15, 0.2) is 0 Å². The van der Waals surface area contributed by atoms with Crippen molar-refractivity contribution < 1.29 is 19.0 Å². The van der Waals surface area contributed by atoms with Crippen molar-refractivity contribution in [1.29, 1.82) is 0 Å². The summed E-state index contributed by atoms with van der Waals surface area (Å²) >= 11 is 0. The molecule has 1 aromatic rings. The van der Waals surface area contributed by atoms with Crippen molar-refractivity contribution >= 4 is 5.91 Å². The van der Waals surface area contributed by atoms with Crippen molar-refractivity contribution in [2.75, 3.05) is 26.9 Å². The van der Waals surface area contributed by atoms with E-state index in [1.165, 1.54) is 0 Å². The molecule has 23 heavy (non-hydrogen) atoms. The third-order valence-electron chi connectivity index (χ3n) is 4.81. The maximum Gasteiger partial charge on any atom is 0.224 e. The van der Waals surface area contributed by atoms with E-state index in [1.807, 2.05) is 31.2 Å². The fourth-order valence-corrected chi connectivity index (χ4v) is 3.73. The summed E-state index contributed by atoms with van der Waals surface area (Å²) in [6, 6.07) is 7.88. The molecule has 2 aliphatic rings. The van der Waals surface area contributed by atoms with Gasteiger partial charge in [-0.2, -0.15) is 0 Å². The summed E-state index contributed by atoms with van der Waals surface area (Å²) in [5.74, 6) is 1.61. The molecule has 0 aromatic heterocycles. The van der Waals surface area contributed by atoms with Crippen LogP contribution in [0.15, 0.2) is 24.3 Å². The number of benzene rings is 1. The first-order valence-electron chi connectivity index (χ1n) is 8.34. The van der Waals surface area contributed by atoms with Gasteiger partial charge >= 0.3 is 0 Å². The van der Waals surface area contributed by atoms with Crippen molar-refractivity contribution in [3.63, 3.8) is 0 Å². The smallest absolute Gasteiger partial charge is 0.224 e. The van der Waals surface area contributed by atoms with Crippen LogP contribution in [0.25, 0.3) is 0 Å². The highest BCUT2D eigenvalue weighted by Gasteiger charge is 2.54. The topological polar surface area (TPSA) is 56.8 Å². The van der Waals surface area contributed by atoms with Gasteiger partial charge in [-0.25, -0.2) is 0 Å². The molecular weight excluding hydrogens is 294 g/mol. The maximum absolute atomic E-state index is 12.3. The van der Waals surface area contributed by atoms with Gasteiger partial charge in [0.1, 0.15) is 5.75 Å². The third-order valence-corrected chi connectivity index (χ3v) is 4.81. The number of amides is 1.